The van der Waals surface area contributed by atoms with Crippen LogP contribution in [-0.2, 0) is 9.59 Å². The predicted octanol–water partition coefficient (Wildman–Crippen LogP) is 1.97. The van der Waals surface area contributed by atoms with Crippen molar-refractivity contribution in [3.63, 3.8) is 0 Å². The third-order valence-corrected chi connectivity index (χ3v) is 5.48. The summed E-state index contributed by atoms with van der Waals surface area (Å²) in [7, 11) is 0. The van der Waals surface area contributed by atoms with Crippen LogP contribution in [0.5, 0.6) is 11.5 Å². The lowest BCUT2D eigenvalue weighted by Gasteiger charge is -2.34. The van der Waals surface area contributed by atoms with Gasteiger partial charge in [0.1, 0.15) is 0 Å². The first-order valence-electron chi connectivity index (χ1n) is 9.09. The van der Waals surface area contributed by atoms with Crippen LogP contribution in [0.15, 0.2) is 18.2 Å². The van der Waals surface area contributed by atoms with Gasteiger partial charge in [0, 0.05) is 11.6 Å². The van der Waals surface area contributed by atoms with Crippen LogP contribution in [0, 0.1) is 5.92 Å². The average Bonchev–Trinajstić information content (AvgIpc) is 3.21. The molecule has 1 saturated heterocycles. The maximum atomic E-state index is 12.7. The number of carbonyl (C=O) groups excluding carboxylic acids is 4. The van der Waals surface area contributed by atoms with Crippen molar-refractivity contribution < 1.29 is 28.7 Å². The molecule has 2 atom stereocenters. The molecule has 1 aliphatic carbocycles. The van der Waals surface area contributed by atoms with Gasteiger partial charge in [-0.25, -0.2) is 9.69 Å². The molecule has 27 heavy (non-hydrogen) atoms. The van der Waals surface area contributed by atoms with Crippen LogP contribution in [0.3, 0.4) is 0 Å². The molecule has 8 nitrogen and oxygen atoms in total. The quantitative estimate of drug-likeness (QED) is 0.456. The molecule has 0 aromatic heterocycles. The fraction of sp³-hybridized carbons (Fsp3) is 0.474. The molecule has 1 aromatic rings. The summed E-state index contributed by atoms with van der Waals surface area (Å²) < 4.78 is 10.4. The van der Waals surface area contributed by atoms with E-state index < -0.39 is 30.2 Å². The first-order valence-corrected chi connectivity index (χ1v) is 9.09. The summed E-state index contributed by atoms with van der Waals surface area (Å²) in [6.07, 6.45) is 3.56. The van der Waals surface area contributed by atoms with Gasteiger partial charge in [-0.1, -0.05) is 19.8 Å². The Morgan fingerprint density at radius 1 is 1.07 bits per heavy atom. The second-order valence-electron chi connectivity index (χ2n) is 7.17. The van der Waals surface area contributed by atoms with E-state index in [1.54, 1.807) is 12.1 Å². The Morgan fingerprint density at radius 2 is 1.81 bits per heavy atom. The van der Waals surface area contributed by atoms with Gasteiger partial charge < -0.3 is 9.47 Å². The van der Waals surface area contributed by atoms with E-state index in [1.807, 2.05) is 6.92 Å². The second-order valence-corrected chi connectivity index (χ2v) is 7.17. The number of urea groups is 1. The molecule has 4 amide bonds. The number of ketones is 1. The second kappa shape index (κ2) is 6.68. The van der Waals surface area contributed by atoms with Crippen molar-refractivity contribution in [2.75, 3.05) is 13.3 Å². The number of benzene rings is 1. The van der Waals surface area contributed by atoms with Gasteiger partial charge in [0.2, 0.25) is 6.79 Å². The lowest BCUT2D eigenvalue weighted by atomic mass is 9.85. The van der Waals surface area contributed by atoms with Gasteiger partial charge >= 0.3 is 17.8 Å². The van der Waals surface area contributed by atoms with Crippen LogP contribution in [0.1, 0.15) is 43.0 Å². The number of hydrogen-bond donors (Lipinski definition) is 0. The molecule has 0 bridgehead atoms. The highest BCUT2D eigenvalue weighted by Gasteiger charge is 2.49. The predicted molar refractivity (Wildman–Crippen MR) is 92.3 cm³/mol. The fourth-order valence-corrected chi connectivity index (χ4v) is 3.94. The zero-order valence-corrected chi connectivity index (χ0v) is 15.0. The summed E-state index contributed by atoms with van der Waals surface area (Å²) in [5.74, 6) is -1.10. The molecule has 142 valence electrons. The third kappa shape index (κ3) is 2.94. The van der Waals surface area contributed by atoms with Crippen molar-refractivity contribution in [1.29, 1.82) is 0 Å². The third-order valence-electron chi connectivity index (χ3n) is 5.48. The monoisotopic (exact) mass is 372 g/mol. The Labute approximate surface area is 156 Å². The molecule has 3 aliphatic rings. The number of ether oxygens (including phenoxy) is 2. The number of rotatable bonds is 4. The Bertz CT molecular complexity index is 835. The molecule has 0 N–H and O–H groups in total. The number of nitrogens with zero attached hydrogens (tertiary/aromatic N) is 2. The zero-order valence-electron chi connectivity index (χ0n) is 15.0. The van der Waals surface area contributed by atoms with Crippen LogP contribution in [0.25, 0.3) is 0 Å². The molecule has 2 heterocycles. The summed E-state index contributed by atoms with van der Waals surface area (Å²) >= 11 is 0. The molecule has 0 radical (unpaired) electrons. The summed E-state index contributed by atoms with van der Waals surface area (Å²) in [5.41, 5.74) is 0.289. The number of carbonyl (C=O) groups is 4. The lowest BCUT2D eigenvalue weighted by molar-refractivity contribution is -0.144. The topological polar surface area (TPSA) is 93.2 Å². The van der Waals surface area contributed by atoms with Gasteiger partial charge in [-0.15, -0.1) is 0 Å². The van der Waals surface area contributed by atoms with Crippen molar-refractivity contribution in [2.45, 2.75) is 38.6 Å². The van der Waals surface area contributed by atoms with Crippen molar-refractivity contribution in [1.82, 2.24) is 9.80 Å². The maximum Gasteiger partial charge on any atom is 0.334 e. The molecule has 1 aromatic carbocycles. The van der Waals surface area contributed by atoms with E-state index in [0.29, 0.717) is 17.9 Å². The van der Waals surface area contributed by atoms with Gasteiger partial charge in [0.25, 0.3) is 0 Å². The van der Waals surface area contributed by atoms with Gasteiger partial charge in [-0.3, -0.25) is 19.3 Å². The largest absolute Gasteiger partial charge is 0.454 e. The van der Waals surface area contributed by atoms with Gasteiger partial charge in [-0.2, -0.15) is 0 Å². The number of amides is 4. The van der Waals surface area contributed by atoms with E-state index in [9.17, 15) is 19.2 Å². The fourth-order valence-electron chi connectivity index (χ4n) is 3.94. The van der Waals surface area contributed by atoms with Crippen molar-refractivity contribution in [3.8, 4) is 11.5 Å². The highest BCUT2D eigenvalue weighted by atomic mass is 16.7. The molecule has 2 aliphatic heterocycles. The molecule has 2 fully saturated rings. The highest BCUT2D eigenvalue weighted by Crippen LogP contribution is 2.33. The van der Waals surface area contributed by atoms with E-state index in [1.165, 1.54) is 6.07 Å². The van der Waals surface area contributed by atoms with E-state index in [0.717, 1.165) is 29.1 Å². The number of fused-ring (bicyclic) bond motifs is 1. The minimum atomic E-state index is -0.938. The van der Waals surface area contributed by atoms with Crippen LogP contribution in [0.2, 0.25) is 0 Å². The van der Waals surface area contributed by atoms with Gasteiger partial charge in [-0.05, 0) is 37.0 Å². The Hall–Kier alpha value is -2.90. The van der Waals surface area contributed by atoms with E-state index in [4.69, 9.17) is 9.47 Å². The van der Waals surface area contributed by atoms with Gasteiger partial charge in [0.15, 0.2) is 17.3 Å². The standard InChI is InChI=1S/C19H20N2O6/c1-11-4-2-3-5-13(11)21-18(24)17(23)20(19(21)25)9-14(22)12-6-7-15-16(8-12)27-10-26-15/h6-8,11,13H,2-5,9-10H2,1H3/t11-,13-/m0/s1. The highest BCUT2D eigenvalue weighted by molar-refractivity contribution is 6.45. The lowest BCUT2D eigenvalue weighted by Crippen LogP contribution is -2.46. The number of Topliss-reactive ketones (excluding diaryl/α,β-unsaturated/α-hetero) is 1. The van der Waals surface area contributed by atoms with Crippen LogP contribution in [-0.4, -0.2) is 52.8 Å². The van der Waals surface area contributed by atoms with Crippen molar-refractivity contribution >= 4 is 23.6 Å². The molecular formula is C19H20N2O6. The SMILES string of the molecule is C[C@H]1CCCC[C@@H]1N1C(=O)C(=O)N(CC(=O)c2ccc3c(c2)OCO3)C1=O. The number of hydrogen-bond acceptors (Lipinski definition) is 6. The maximum absolute atomic E-state index is 12.7. The summed E-state index contributed by atoms with van der Waals surface area (Å²) in [6, 6.07) is 3.68. The van der Waals surface area contributed by atoms with E-state index in [-0.39, 0.29) is 24.3 Å². The zero-order chi connectivity index (χ0) is 19.1. The Kier molecular flexibility index (Phi) is 4.33. The number of imide groups is 2. The van der Waals surface area contributed by atoms with Crippen molar-refractivity contribution in [3.05, 3.63) is 23.8 Å². The minimum Gasteiger partial charge on any atom is -0.454 e. The first kappa shape index (κ1) is 17.5. The van der Waals surface area contributed by atoms with Crippen molar-refractivity contribution in [2.24, 2.45) is 5.92 Å². The minimum absolute atomic E-state index is 0.0824. The summed E-state index contributed by atoms with van der Waals surface area (Å²) in [6.45, 7) is 1.59. The molecule has 1 saturated carbocycles. The molecule has 0 unspecified atom stereocenters. The average molecular weight is 372 g/mol. The molecular weight excluding hydrogens is 352 g/mol. The normalized spacial score (nSPS) is 24.7. The van der Waals surface area contributed by atoms with E-state index >= 15 is 0 Å². The smallest absolute Gasteiger partial charge is 0.334 e. The van der Waals surface area contributed by atoms with Crippen LogP contribution in [0.4, 0.5) is 4.79 Å². The molecule has 0 spiro atoms. The van der Waals surface area contributed by atoms with Crippen LogP contribution >= 0.6 is 0 Å². The molecule has 4 rings (SSSR count). The Balaban J connectivity index is 1.52. The van der Waals surface area contributed by atoms with E-state index in [2.05, 4.69) is 0 Å². The summed E-state index contributed by atoms with van der Waals surface area (Å²) in [5, 5.41) is 0. The van der Waals surface area contributed by atoms with Gasteiger partial charge in [0.05, 0.1) is 6.54 Å². The molecule has 8 heteroatoms. The summed E-state index contributed by atoms with van der Waals surface area (Å²) in [4.78, 5) is 51.9. The Morgan fingerprint density at radius 3 is 2.59 bits per heavy atom. The first-order chi connectivity index (χ1) is 13.0. The van der Waals surface area contributed by atoms with Crippen LogP contribution < -0.4 is 9.47 Å².